The van der Waals surface area contributed by atoms with Gasteiger partial charge in [-0.25, -0.2) is 0 Å². The number of amides is 1. The molecule has 0 saturated carbocycles. The fourth-order valence-electron chi connectivity index (χ4n) is 1.96. The van der Waals surface area contributed by atoms with E-state index in [1.807, 2.05) is 24.9 Å². The number of carbonyl (C=O) groups excluding carboxylic acids is 1. The number of hydrogen-bond donors (Lipinski definition) is 1. The second-order valence-corrected chi connectivity index (χ2v) is 4.35. The summed E-state index contributed by atoms with van der Waals surface area (Å²) in [6, 6.07) is 2.08. The second kappa shape index (κ2) is 5.51. The molecule has 1 amide bonds. The Labute approximate surface area is 108 Å². The Bertz CT molecular complexity index is 385. The van der Waals surface area contributed by atoms with Crippen LogP contribution in [0.25, 0.3) is 0 Å². The molecule has 2 heterocycles. The van der Waals surface area contributed by atoms with Crippen LogP contribution >= 0.6 is 12.4 Å². The summed E-state index contributed by atoms with van der Waals surface area (Å²) >= 11 is 0. The van der Waals surface area contributed by atoms with Crippen LogP contribution in [-0.4, -0.2) is 46.3 Å². The smallest absolute Gasteiger partial charge is 0.274 e. The lowest BCUT2D eigenvalue weighted by molar-refractivity contribution is 0.0649. The van der Waals surface area contributed by atoms with Crippen LogP contribution in [0.5, 0.6) is 0 Å². The van der Waals surface area contributed by atoms with Crippen molar-refractivity contribution in [2.45, 2.75) is 19.9 Å². The number of carbonyl (C=O) groups is 1. The number of aromatic nitrogens is 2. The van der Waals surface area contributed by atoms with E-state index in [0.717, 1.165) is 25.3 Å². The molecule has 1 N–H and O–H groups in total. The predicted octanol–water partition coefficient (Wildman–Crippen LogP) is 0.584. The van der Waals surface area contributed by atoms with E-state index in [9.17, 15) is 4.79 Å². The first-order chi connectivity index (χ1) is 7.59. The molecule has 1 aromatic rings. The highest BCUT2D eigenvalue weighted by atomic mass is 35.5. The Balaban J connectivity index is 0.00000144. The van der Waals surface area contributed by atoms with Crippen molar-refractivity contribution in [1.29, 1.82) is 0 Å². The van der Waals surface area contributed by atoms with Crippen LogP contribution in [0.3, 0.4) is 0 Å². The highest BCUT2D eigenvalue weighted by Crippen LogP contribution is 2.10. The van der Waals surface area contributed by atoms with Crippen LogP contribution in [-0.2, 0) is 7.05 Å². The van der Waals surface area contributed by atoms with Gasteiger partial charge in [0.2, 0.25) is 0 Å². The molecule has 1 aliphatic rings. The van der Waals surface area contributed by atoms with Crippen LogP contribution in [0.15, 0.2) is 6.07 Å². The number of nitrogens with zero attached hydrogens (tertiary/aromatic N) is 3. The molecular weight excluding hydrogens is 240 g/mol. The lowest BCUT2D eigenvalue weighted by atomic mass is 10.2. The predicted molar refractivity (Wildman–Crippen MR) is 68.6 cm³/mol. The summed E-state index contributed by atoms with van der Waals surface area (Å²) in [5.74, 6) is 0.0395. The first kappa shape index (κ1) is 14.0. The summed E-state index contributed by atoms with van der Waals surface area (Å²) in [5, 5.41) is 7.49. The minimum Gasteiger partial charge on any atom is -0.332 e. The normalized spacial score (nSPS) is 19.9. The third kappa shape index (κ3) is 2.79. The lowest BCUT2D eigenvalue weighted by Crippen LogP contribution is -2.52. The molecule has 1 unspecified atom stereocenters. The monoisotopic (exact) mass is 258 g/mol. The fraction of sp³-hybridized carbons (Fsp3) is 0.636. The lowest BCUT2D eigenvalue weighted by Gasteiger charge is -2.33. The topological polar surface area (TPSA) is 50.2 Å². The summed E-state index contributed by atoms with van der Waals surface area (Å²) in [6.07, 6.45) is 0. The zero-order valence-electron chi connectivity index (χ0n) is 10.4. The number of rotatable bonds is 1. The second-order valence-electron chi connectivity index (χ2n) is 4.35. The van der Waals surface area contributed by atoms with Gasteiger partial charge in [-0.05, 0) is 19.9 Å². The summed E-state index contributed by atoms with van der Waals surface area (Å²) in [7, 11) is 1.85. The summed E-state index contributed by atoms with van der Waals surface area (Å²) < 4.78 is 1.74. The summed E-state index contributed by atoms with van der Waals surface area (Å²) in [4.78, 5) is 14.1. The quantitative estimate of drug-likeness (QED) is 0.802. The number of hydrogen-bond acceptors (Lipinski definition) is 3. The Kier molecular flexibility index (Phi) is 4.54. The van der Waals surface area contributed by atoms with Crippen LogP contribution < -0.4 is 5.32 Å². The molecule has 96 valence electrons. The molecule has 1 fully saturated rings. The largest absolute Gasteiger partial charge is 0.332 e. The van der Waals surface area contributed by atoms with E-state index in [-0.39, 0.29) is 24.4 Å². The van der Waals surface area contributed by atoms with Crippen molar-refractivity contribution in [2.75, 3.05) is 19.6 Å². The van der Waals surface area contributed by atoms with Gasteiger partial charge in [0.1, 0.15) is 0 Å². The molecule has 1 atom stereocenters. The Hall–Kier alpha value is -1.07. The maximum atomic E-state index is 12.2. The molecule has 1 saturated heterocycles. The van der Waals surface area contributed by atoms with E-state index >= 15 is 0 Å². The average Bonchev–Trinajstić information content (AvgIpc) is 2.59. The van der Waals surface area contributed by atoms with Crippen LogP contribution in [0, 0.1) is 6.92 Å². The van der Waals surface area contributed by atoms with Crippen LogP contribution in [0.2, 0.25) is 0 Å². The van der Waals surface area contributed by atoms with Crippen molar-refractivity contribution in [1.82, 2.24) is 20.0 Å². The van der Waals surface area contributed by atoms with Gasteiger partial charge in [-0.15, -0.1) is 12.4 Å². The third-order valence-corrected chi connectivity index (χ3v) is 3.10. The van der Waals surface area contributed by atoms with E-state index in [2.05, 4.69) is 17.3 Å². The van der Waals surface area contributed by atoms with Crippen LogP contribution in [0.4, 0.5) is 0 Å². The van der Waals surface area contributed by atoms with Gasteiger partial charge >= 0.3 is 0 Å². The third-order valence-electron chi connectivity index (χ3n) is 3.10. The van der Waals surface area contributed by atoms with E-state index < -0.39 is 0 Å². The van der Waals surface area contributed by atoms with E-state index in [1.54, 1.807) is 4.68 Å². The Morgan fingerprint density at radius 2 is 2.29 bits per heavy atom. The minimum absolute atomic E-state index is 0. The minimum atomic E-state index is 0. The number of nitrogens with one attached hydrogen (secondary N) is 1. The summed E-state index contributed by atoms with van der Waals surface area (Å²) in [6.45, 7) is 6.49. The van der Waals surface area contributed by atoms with Gasteiger partial charge in [0.15, 0.2) is 5.69 Å². The first-order valence-electron chi connectivity index (χ1n) is 5.62. The van der Waals surface area contributed by atoms with Crippen molar-refractivity contribution in [2.24, 2.45) is 7.05 Å². The molecule has 0 aliphatic carbocycles. The van der Waals surface area contributed by atoms with Gasteiger partial charge in [0.05, 0.1) is 0 Å². The zero-order chi connectivity index (χ0) is 11.7. The van der Waals surface area contributed by atoms with Crippen molar-refractivity contribution >= 4 is 18.3 Å². The van der Waals surface area contributed by atoms with E-state index in [4.69, 9.17) is 0 Å². The standard InChI is InChI=1S/C11H18N4O.ClH/c1-8-6-10(13-14(8)3)11(16)15-5-4-12-7-9(15)2;/h6,9,12H,4-5,7H2,1-3H3;1H. The van der Waals surface area contributed by atoms with Crippen molar-refractivity contribution in [3.8, 4) is 0 Å². The van der Waals surface area contributed by atoms with Gasteiger partial charge in [-0.2, -0.15) is 5.10 Å². The number of halogens is 1. The van der Waals surface area contributed by atoms with Gasteiger partial charge in [0.25, 0.3) is 5.91 Å². The highest BCUT2D eigenvalue weighted by Gasteiger charge is 2.25. The Morgan fingerprint density at radius 1 is 1.59 bits per heavy atom. The van der Waals surface area contributed by atoms with Crippen LogP contribution in [0.1, 0.15) is 23.1 Å². The zero-order valence-corrected chi connectivity index (χ0v) is 11.3. The molecule has 1 aliphatic heterocycles. The van der Waals surface area contributed by atoms with Crippen molar-refractivity contribution in [3.05, 3.63) is 17.5 Å². The fourth-order valence-corrected chi connectivity index (χ4v) is 1.96. The summed E-state index contributed by atoms with van der Waals surface area (Å²) in [5.41, 5.74) is 1.56. The van der Waals surface area contributed by atoms with Crippen molar-refractivity contribution < 1.29 is 4.79 Å². The molecular formula is C11H19ClN4O. The van der Waals surface area contributed by atoms with E-state index in [1.165, 1.54) is 0 Å². The van der Waals surface area contributed by atoms with E-state index in [0.29, 0.717) is 5.69 Å². The number of piperazine rings is 1. The van der Waals surface area contributed by atoms with Gasteiger partial charge in [-0.1, -0.05) is 0 Å². The molecule has 6 heteroatoms. The molecule has 17 heavy (non-hydrogen) atoms. The Morgan fingerprint density at radius 3 is 2.82 bits per heavy atom. The molecule has 0 radical (unpaired) electrons. The molecule has 0 bridgehead atoms. The van der Waals surface area contributed by atoms with Gasteiger partial charge in [-0.3, -0.25) is 9.48 Å². The number of aryl methyl sites for hydroxylation is 2. The SMILES string of the molecule is Cc1cc(C(=O)N2CCNCC2C)nn1C.Cl. The first-order valence-corrected chi connectivity index (χ1v) is 5.62. The van der Waals surface area contributed by atoms with Gasteiger partial charge in [0, 0.05) is 38.4 Å². The molecule has 5 nitrogen and oxygen atoms in total. The maximum Gasteiger partial charge on any atom is 0.274 e. The molecule has 0 aromatic carbocycles. The maximum absolute atomic E-state index is 12.2. The molecule has 0 spiro atoms. The van der Waals surface area contributed by atoms with Crippen molar-refractivity contribution in [3.63, 3.8) is 0 Å². The van der Waals surface area contributed by atoms with Gasteiger partial charge < -0.3 is 10.2 Å². The highest BCUT2D eigenvalue weighted by molar-refractivity contribution is 5.92. The molecule has 2 rings (SSSR count). The molecule has 1 aromatic heterocycles. The average molecular weight is 259 g/mol.